The van der Waals surface area contributed by atoms with E-state index in [-0.39, 0.29) is 24.9 Å². The van der Waals surface area contributed by atoms with E-state index in [1.54, 1.807) is 12.3 Å². The van der Waals surface area contributed by atoms with Gasteiger partial charge < -0.3 is 9.88 Å². The summed E-state index contributed by atoms with van der Waals surface area (Å²) in [6.07, 6.45) is 2.28. The molecular weight excluding hydrogens is 478 g/mol. The molecule has 1 atom stereocenters. The van der Waals surface area contributed by atoms with E-state index in [4.69, 9.17) is 0 Å². The second kappa shape index (κ2) is 9.56. The van der Waals surface area contributed by atoms with Gasteiger partial charge in [0.05, 0.1) is 12.6 Å². The smallest absolute Gasteiger partial charge is 0.220 e. The molecule has 2 aromatic carbocycles. The summed E-state index contributed by atoms with van der Waals surface area (Å²) in [6.45, 7) is 2.21. The van der Waals surface area contributed by atoms with Gasteiger partial charge in [-0.25, -0.2) is 18.7 Å². The Labute approximate surface area is 192 Å². The SMILES string of the molecule is CC(NC(=O)CCc1nc2cccnc2n1Cc1ccc(F)c(F)c1)c1ccc(Br)cc1. The summed E-state index contributed by atoms with van der Waals surface area (Å²) in [7, 11) is 0. The Morgan fingerprint density at radius 1 is 1.12 bits per heavy atom. The molecule has 164 valence electrons. The number of benzene rings is 2. The van der Waals surface area contributed by atoms with Gasteiger partial charge in [-0.1, -0.05) is 34.1 Å². The molecule has 2 heterocycles. The van der Waals surface area contributed by atoms with Crippen LogP contribution in [0.1, 0.15) is 36.3 Å². The summed E-state index contributed by atoms with van der Waals surface area (Å²) in [6, 6.07) is 15.1. The van der Waals surface area contributed by atoms with E-state index in [0.717, 1.165) is 16.1 Å². The highest BCUT2D eigenvalue weighted by molar-refractivity contribution is 9.10. The fourth-order valence-corrected chi connectivity index (χ4v) is 3.82. The minimum Gasteiger partial charge on any atom is -0.350 e. The summed E-state index contributed by atoms with van der Waals surface area (Å²) in [5.41, 5.74) is 2.92. The molecular formula is C24H21BrF2N4O. The third-order valence-electron chi connectivity index (χ3n) is 5.23. The number of nitrogens with one attached hydrogen (secondary N) is 1. The number of amides is 1. The number of rotatable bonds is 7. The highest BCUT2D eigenvalue weighted by Gasteiger charge is 2.16. The van der Waals surface area contributed by atoms with Crippen molar-refractivity contribution in [3.05, 3.63) is 93.9 Å². The lowest BCUT2D eigenvalue weighted by Crippen LogP contribution is -2.27. The normalized spacial score (nSPS) is 12.1. The van der Waals surface area contributed by atoms with E-state index in [1.807, 2.05) is 41.8 Å². The average molecular weight is 499 g/mol. The van der Waals surface area contributed by atoms with Crippen molar-refractivity contribution in [1.29, 1.82) is 0 Å². The summed E-state index contributed by atoms with van der Waals surface area (Å²) < 4.78 is 29.8. The number of carbonyl (C=O) groups is 1. The van der Waals surface area contributed by atoms with Crippen LogP contribution in [0.15, 0.2) is 65.3 Å². The van der Waals surface area contributed by atoms with Gasteiger partial charge in [-0.3, -0.25) is 4.79 Å². The molecule has 0 aliphatic carbocycles. The monoisotopic (exact) mass is 498 g/mol. The Morgan fingerprint density at radius 2 is 1.91 bits per heavy atom. The minimum atomic E-state index is -0.900. The summed E-state index contributed by atoms with van der Waals surface area (Å²) in [5, 5.41) is 3.00. The first-order valence-electron chi connectivity index (χ1n) is 10.2. The second-order valence-electron chi connectivity index (χ2n) is 7.55. The molecule has 0 saturated heterocycles. The largest absolute Gasteiger partial charge is 0.350 e. The molecule has 2 aromatic heterocycles. The predicted molar refractivity (Wildman–Crippen MR) is 122 cm³/mol. The maximum Gasteiger partial charge on any atom is 0.220 e. The van der Waals surface area contributed by atoms with Crippen LogP contribution in [0.5, 0.6) is 0 Å². The van der Waals surface area contributed by atoms with Crippen molar-refractivity contribution < 1.29 is 13.6 Å². The number of halogens is 3. The zero-order valence-electron chi connectivity index (χ0n) is 17.4. The van der Waals surface area contributed by atoms with Gasteiger partial charge in [0.25, 0.3) is 0 Å². The van der Waals surface area contributed by atoms with Crippen molar-refractivity contribution in [1.82, 2.24) is 19.9 Å². The lowest BCUT2D eigenvalue weighted by atomic mass is 10.1. The molecule has 1 amide bonds. The second-order valence-corrected chi connectivity index (χ2v) is 8.47. The van der Waals surface area contributed by atoms with Crippen LogP contribution >= 0.6 is 15.9 Å². The van der Waals surface area contributed by atoms with Crippen LogP contribution in [0.25, 0.3) is 11.2 Å². The lowest BCUT2D eigenvalue weighted by molar-refractivity contribution is -0.121. The summed E-state index contributed by atoms with van der Waals surface area (Å²) in [4.78, 5) is 21.6. The Morgan fingerprint density at radius 3 is 2.66 bits per heavy atom. The van der Waals surface area contributed by atoms with E-state index >= 15 is 0 Å². The molecule has 0 aliphatic heterocycles. The molecule has 0 fully saturated rings. The molecule has 32 heavy (non-hydrogen) atoms. The number of carbonyl (C=O) groups excluding carboxylic acids is 1. The topological polar surface area (TPSA) is 59.8 Å². The van der Waals surface area contributed by atoms with E-state index in [1.165, 1.54) is 12.1 Å². The maximum absolute atomic E-state index is 13.7. The number of imidazole rings is 1. The van der Waals surface area contributed by atoms with E-state index < -0.39 is 11.6 Å². The van der Waals surface area contributed by atoms with Gasteiger partial charge in [0.1, 0.15) is 11.3 Å². The number of aryl methyl sites for hydroxylation is 1. The van der Waals surface area contributed by atoms with E-state index in [0.29, 0.717) is 29.0 Å². The van der Waals surface area contributed by atoms with Crippen LogP contribution < -0.4 is 5.32 Å². The number of hydrogen-bond donors (Lipinski definition) is 1. The van der Waals surface area contributed by atoms with Crippen LogP contribution in [-0.4, -0.2) is 20.4 Å². The fraction of sp³-hybridized carbons (Fsp3) is 0.208. The van der Waals surface area contributed by atoms with Gasteiger partial charge in [0.2, 0.25) is 5.91 Å². The molecule has 5 nitrogen and oxygen atoms in total. The Kier molecular flexibility index (Phi) is 6.60. The highest BCUT2D eigenvalue weighted by atomic mass is 79.9. The fourth-order valence-electron chi connectivity index (χ4n) is 3.56. The molecule has 0 aliphatic rings. The summed E-state index contributed by atoms with van der Waals surface area (Å²) in [5.74, 6) is -1.23. The molecule has 1 unspecified atom stereocenters. The van der Waals surface area contributed by atoms with Crippen LogP contribution in [0.3, 0.4) is 0 Å². The van der Waals surface area contributed by atoms with Crippen molar-refractivity contribution >= 4 is 33.0 Å². The minimum absolute atomic E-state index is 0.0974. The van der Waals surface area contributed by atoms with Crippen molar-refractivity contribution in [2.45, 2.75) is 32.4 Å². The third-order valence-corrected chi connectivity index (χ3v) is 5.76. The predicted octanol–water partition coefficient (Wildman–Crippen LogP) is 5.33. The molecule has 0 radical (unpaired) electrons. The molecule has 0 saturated carbocycles. The van der Waals surface area contributed by atoms with Gasteiger partial charge >= 0.3 is 0 Å². The van der Waals surface area contributed by atoms with Crippen LogP contribution in [0.2, 0.25) is 0 Å². The lowest BCUT2D eigenvalue weighted by Gasteiger charge is -2.15. The van der Waals surface area contributed by atoms with E-state index in [9.17, 15) is 13.6 Å². The van der Waals surface area contributed by atoms with Crippen LogP contribution in [0, 0.1) is 11.6 Å². The van der Waals surface area contributed by atoms with Crippen molar-refractivity contribution in [2.75, 3.05) is 0 Å². The highest BCUT2D eigenvalue weighted by Crippen LogP contribution is 2.20. The zero-order valence-corrected chi connectivity index (χ0v) is 18.9. The van der Waals surface area contributed by atoms with Gasteiger partial charge in [-0.15, -0.1) is 0 Å². The van der Waals surface area contributed by atoms with Gasteiger partial charge in [-0.05, 0) is 54.4 Å². The van der Waals surface area contributed by atoms with Gasteiger partial charge in [0.15, 0.2) is 17.3 Å². The van der Waals surface area contributed by atoms with Crippen molar-refractivity contribution in [2.24, 2.45) is 0 Å². The quantitative estimate of drug-likeness (QED) is 0.374. The summed E-state index contributed by atoms with van der Waals surface area (Å²) >= 11 is 3.41. The zero-order chi connectivity index (χ0) is 22.7. The van der Waals surface area contributed by atoms with Crippen LogP contribution in [0.4, 0.5) is 8.78 Å². The Balaban J connectivity index is 1.49. The number of hydrogen-bond acceptors (Lipinski definition) is 3. The molecule has 8 heteroatoms. The number of aromatic nitrogens is 3. The Hall–Kier alpha value is -3.13. The standard InChI is InChI=1S/C24H21BrF2N4O/c1-15(17-5-7-18(25)8-6-17)29-23(32)11-10-22-30-21-3-2-12-28-24(21)31(22)14-16-4-9-19(26)20(27)13-16/h2-9,12-13,15H,10-11,14H2,1H3,(H,29,32). The van der Waals surface area contributed by atoms with Crippen LogP contribution in [-0.2, 0) is 17.8 Å². The van der Waals surface area contributed by atoms with Crippen molar-refractivity contribution in [3.8, 4) is 0 Å². The first-order valence-corrected chi connectivity index (χ1v) is 11.0. The molecule has 4 aromatic rings. The first kappa shape index (κ1) is 22.1. The van der Waals surface area contributed by atoms with Gasteiger partial charge in [-0.2, -0.15) is 0 Å². The molecule has 1 N–H and O–H groups in total. The molecule has 0 bridgehead atoms. The first-order chi connectivity index (χ1) is 15.4. The van der Waals surface area contributed by atoms with Gasteiger partial charge in [0, 0.05) is 23.5 Å². The van der Waals surface area contributed by atoms with Crippen molar-refractivity contribution in [3.63, 3.8) is 0 Å². The number of fused-ring (bicyclic) bond motifs is 1. The van der Waals surface area contributed by atoms with E-state index in [2.05, 4.69) is 31.2 Å². The maximum atomic E-state index is 13.7. The average Bonchev–Trinajstić information content (AvgIpc) is 3.12. The Bertz CT molecular complexity index is 1260. The third kappa shape index (κ3) is 5.02. The number of nitrogens with zero attached hydrogens (tertiary/aromatic N) is 3. The molecule has 4 rings (SSSR count). The molecule has 0 spiro atoms. The number of pyridine rings is 1.